The van der Waals surface area contributed by atoms with Crippen LogP contribution in [0, 0.1) is 5.92 Å². The van der Waals surface area contributed by atoms with Crippen LogP contribution < -0.4 is 4.72 Å². The number of hydrogen-bond donors (Lipinski definition) is 2. The van der Waals surface area contributed by atoms with Gasteiger partial charge in [0.25, 0.3) is 0 Å². The summed E-state index contributed by atoms with van der Waals surface area (Å²) in [6.07, 6.45) is 1.88. The number of benzene rings is 1. The summed E-state index contributed by atoms with van der Waals surface area (Å²) in [6.45, 7) is 1.77. The molecule has 2 N–H and O–H groups in total. The molecule has 1 aromatic carbocycles. The maximum atomic E-state index is 12.1. The Labute approximate surface area is 112 Å². The van der Waals surface area contributed by atoms with E-state index in [1.165, 1.54) is 18.2 Å². The molecule has 6 heteroatoms. The lowest BCUT2D eigenvalue weighted by atomic mass is 10.2. The molecule has 18 heavy (non-hydrogen) atoms. The van der Waals surface area contributed by atoms with Crippen molar-refractivity contribution in [3.05, 3.63) is 28.8 Å². The van der Waals surface area contributed by atoms with Crippen molar-refractivity contribution in [2.45, 2.75) is 37.3 Å². The van der Waals surface area contributed by atoms with Crippen molar-refractivity contribution in [1.29, 1.82) is 0 Å². The highest BCUT2D eigenvalue weighted by Gasteiger charge is 2.38. The highest BCUT2D eigenvalue weighted by atomic mass is 35.5. The first-order valence-electron chi connectivity index (χ1n) is 5.89. The molecule has 0 heterocycles. The average Bonchev–Trinajstić information content (AvgIpc) is 3.07. The van der Waals surface area contributed by atoms with Gasteiger partial charge in [-0.2, -0.15) is 0 Å². The third-order valence-electron chi connectivity index (χ3n) is 3.25. The zero-order valence-corrected chi connectivity index (χ0v) is 11.6. The second kappa shape index (κ2) is 5.17. The first-order valence-corrected chi connectivity index (χ1v) is 7.75. The van der Waals surface area contributed by atoms with Crippen LogP contribution in [0.2, 0.25) is 5.02 Å². The lowest BCUT2D eigenvalue weighted by molar-refractivity contribution is 0.281. The summed E-state index contributed by atoms with van der Waals surface area (Å²) >= 11 is 5.83. The van der Waals surface area contributed by atoms with Crippen molar-refractivity contribution in [1.82, 2.24) is 4.72 Å². The van der Waals surface area contributed by atoms with Crippen LogP contribution in [0.5, 0.6) is 0 Å². The van der Waals surface area contributed by atoms with E-state index in [1.807, 2.05) is 6.92 Å². The number of halogens is 1. The zero-order chi connectivity index (χ0) is 13.3. The fourth-order valence-corrected chi connectivity index (χ4v) is 3.50. The minimum absolute atomic E-state index is 0.0493. The fourth-order valence-electron chi connectivity index (χ4n) is 1.95. The molecule has 0 aromatic heterocycles. The normalized spacial score (nSPS) is 23.1. The van der Waals surface area contributed by atoms with E-state index in [1.54, 1.807) is 0 Å². The molecule has 0 saturated heterocycles. The van der Waals surface area contributed by atoms with Gasteiger partial charge >= 0.3 is 0 Å². The number of hydrogen-bond acceptors (Lipinski definition) is 3. The molecule has 0 radical (unpaired) electrons. The molecule has 1 aliphatic rings. The summed E-state index contributed by atoms with van der Waals surface area (Å²) in [6, 6.07) is 4.40. The van der Waals surface area contributed by atoms with E-state index >= 15 is 0 Å². The van der Waals surface area contributed by atoms with E-state index in [0.717, 1.165) is 12.8 Å². The first kappa shape index (κ1) is 13.8. The summed E-state index contributed by atoms with van der Waals surface area (Å²) in [7, 11) is -3.51. The highest BCUT2D eigenvalue weighted by Crippen LogP contribution is 2.34. The van der Waals surface area contributed by atoms with Crippen molar-refractivity contribution < 1.29 is 13.5 Å². The van der Waals surface area contributed by atoms with Crippen molar-refractivity contribution in [3.63, 3.8) is 0 Å². The number of aliphatic hydroxyl groups excluding tert-OH is 1. The number of aliphatic hydroxyl groups is 1. The quantitative estimate of drug-likeness (QED) is 0.870. The van der Waals surface area contributed by atoms with E-state index in [-0.39, 0.29) is 17.5 Å². The molecular formula is C12H16ClNO3S. The Morgan fingerprint density at radius 2 is 2.22 bits per heavy atom. The van der Waals surface area contributed by atoms with E-state index in [0.29, 0.717) is 16.5 Å². The maximum Gasteiger partial charge on any atom is 0.240 e. The standard InChI is InChI=1S/C12H16ClNO3S/c1-2-8-6-12(8)14-18(16,17)10-3-4-11(13)9(5-10)7-15/h3-5,8,12,14-15H,2,6-7H2,1H3. The van der Waals surface area contributed by atoms with Crippen LogP contribution in [0.3, 0.4) is 0 Å². The van der Waals surface area contributed by atoms with Crippen molar-refractivity contribution >= 4 is 21.6 Å². The fraction of sp³-hybridized carbons (Fsp3) is 0.500. The molecule has 0 spiro atoms. The number of sulfonamides is 1. The Morgan fingerprint density at radius 1 is 1.50 bits per heavy atom. The molecule has 2 atom stereocenters. The van der Waals surface area contributed by atoms with Gasteiger partial charge in [0.15, 0.2) is 0 Å². The van der Waals surface area contributed by atoms with Crippen LogP contribution in [0.4, 0.5) is 0 Å². The van der Waals surface area contributed by atoms with Gasteiger partial charge in [-0.3, -0.25) is 0 Å². The third kappa shape index (κ3) is 2.85. The van der Waals surface area contributed by atoms with Gasteiger partial charge in [0.1, 0.15) is 0 Å². The molecule has 1 aromatic rings. The monoisotopic (exact) mass is 289 g/mol. The van der Waals surface area contributed by atoms with Gasteiger partial charge in [0.2, 0.25) is 10.0 Å². The molecule has 0 bridgehead atoms. The Bertz CT molecular complexity index is 544. The van der Waals surface area contributed by atoms with Crippen molar-refractivity contribution in [3.8, 4) is 0 Å². The smallest absolute Gasteiger partial charge is 0.240 e. The van der Waals surface area contributed by atoms with Gasteiger partial charge in [-0.25, -0.2) is 13.1 Å². The van der Waals surface area contributed by atoms with Crippen LogP contribution >= 0.6 is 11.6 Å². The molecule has 0 aliphatic heterocycles. The minimum atomic E-state index is -3.51. The van der Waals surface area contributed by atoms with E-state index in [4.69, 9.17) is 16.7 Å². The van der Waals surface area contributed by atoms with E-state index in [9.17, 15) is 8.42 Å². The average molecular weight is 290 g/mol. The molecule has 2 rings (SSSR count). The van der Waals surface area contributed by atoms with Crippen LogP contribution in [-0.2, 0) is 16.6 Å². The number of nitrogens with one attached hydrogen (secondary N) is 1. The Balaban J connectivity index is 2.19. The summed E-state index contributed by atoms with van der Waals surface area (Å²) in [4.78, 5) is 0.151. The van der Waals surface area contributed by atoms with Crippen LogP contribution in [0.15, 0.2) is 23.1 Å². The van der Waals surface area contributed by atoms with Gasteiger partial charge in [0.05, 0.1) is 11.5 Å². The lowest BCUT2D eigenvalue weighted by Gasteiger charge is -2.08. The zero-order valence-electron chi connectivity index (χ0n) is 10.1. The predicted molar refractivity (Wildman–Crippen MR) is 69.9 cm³/mol. The van der Waals surface area contributed by atoms with Crippen molar-refractivity contribution in [2.24, 2.45) is 5.92 Å². The summed E-state index contributed by atoms with van der Waals surface area (Å²) < 4.78 is 26.8. The third-order valence-corrected chi connectivity index (χ3v) is 5.11. The van der Waals surface area contributed by atoms with Crippen molar-refractivity contribution in [2.75, 3.05) is 0 Å². The Morgan fingerprint density at radius 3 is 2.78 bits per heavy atom. The first-order chi connectivity index (χ1) is 8.47. The van der Waals surface area contributed by atoms with E-state index < -0.39 is 10.0 Å². The lowest BCUT2D eigenvalue weighted by Crippen LogP contribution is -2.27. The maximum absolute atomic E-state index is 12.1. The molecule has 0 amide bonds. The predicted octanol–water partition coefficient (Wildman–Crippen LogP) is 1.91. The van der Waals surface area contributed by atoms with Gasteiger partial charge in [0, 0.05) is 11.1 Å². The molecule has 2 unspecified atom stereocenters. The van der Waals surface area contributed by atoms with Gasteiger partial charge in [-0.1, -0.05) is 24.9 Å². The highest BCUT2D eigenvalue weighted by molar-refractivity contribution is 7.89. The number of rotatable bonds is 5. The second-order valence-electron chi connectivity index (χ2n) is 4.54. The topological polar surface area (TPSA) is 66.4 Å². The molecule has 4 nitrogen and oxygen atoms in total. The second-order valence-corrected chi connectivity index (χ2v) is 6.66. The minimum Gasteiger partial charge on any atom is -0.392 e. The van der Waals surface area contributed by atoms with Gasteiger partial charge < -0.3 is 5.11 Å². The molecule has 1 fully saturated rings. The molecule has 100 valence electrons. The molecule has 1 saturated carbocycles. The van der Waals surface area contributed by atoms with Gasteiger partial charge in [-0.15, -0.1) is 0 Å². The Kier molecular flexibility index (Phi) is 3.96. The van der Waals surface area contributed by atoms with E-state index in [2.05, 4.69) is 4.72 Å². The summed E-state index contributed by atoms with van der Waals surface area (Å²) in [5, 5.41) is 9.45. The molecule has 1 aliphatic carbocycles. The van der Waals surface area contributed by atoms with Crippen LogP contribution in [0.25, 0.3) is 0 Å². The van der Waals surface area contributed by atoms with Crippen LogP contribution in [0.1, 0.15) is 25.3 Å². The van der Waals surface area contributed by atoms with Gasteiger partial charge in [-0.05, 0) is 36.1 Å². The molecular weight excluding hydrogens is 274 g/mol. The largest absolute Gasteiger partial charge is 0.392 e. The Hall–Kier alpha value is -0.620. The summed E-state index contributed by atoms with van der Waals surface area (Å²) in [5.74, 6) is 0.449. The van der Waals surface area contributed by atoms with Crippen LogP contribution in [-0.4, -0.2) is 19.6 Å². The summed E-state index contributed by atoms with van der Waals surface area (Å²) in [5.41, 5.74) is 0.419. The SMILES string of the molecule is CCC1CC1NS(=O)(=O)c1ccc(Cl)c(CO)c1.